The van der Waals surface area contributed by atoms with E-state index in [1.807, 2.05) is 6.26 Å². The van der Waals surface area contributed by atoms with Crippen LogP contribution in [-0.2, 0) is 4.74 Å². The largest absolute Gasteiger partial charge is 0.497 e. The van der Waals surface area contributed by atoms with E-state index in [-0.39, 0.29) is 0 Å². The van der Waals surface area contributed by atoms with Crippen LogP contribution in [0.3, 0.4) is 0 Å². The van der Waals surface area contributed by atoms with Crippen molar-refractivity contribution in [3.63, 3.8) is 0 Å². The zero-order valence-corrected chi connectivity index (χ0v) is 7.89. The van der Waals surface area contributed by atoms with Gasteiger partial charge in [0.25, 0.3) is 0 Å². The molecule has 1 nitrogen and oxygen atoms in total. The minimum Gasteiger partial charge on any atom is -0.497 e. The maximum Gasteiger partial charge on any atom is 0.109 e. The van der Waals surface area contributed by atoms with E-state index in [1.54, 1.807) is 0 Å². The highest BCUT2D eigenvalue weighted by molar-refractivity contribution is 5.31. The third-order valence-electron chi connectivity index (χ3n) is 2.84. The third kappa shape index (κ3) is 1.40. The summed E-state index contributed by atoms with van der Waals surface area (Å²) in [6.07, 6.45) is 7.73. The number of rotatable bonds is 0. The Balaban J connectivity index is 2.22. The van der Waals surface area contributed by atoms with E-state index in [0.717, 1.165) is 6.61 Å². The SMILES string of the molecule is CC1(C)CCC2=C(COC=C2)C1. The maximum atomic E-state index is 5.29. The molecular formula is C11H16O. The van der Waals surface area contributed by atoms with Gasteiger partial charge in [0.05, 0.1) is 6.26 Å². The molecule has 0 N–H and O–H groups in total. The monoisotopic (exact) mass is 164 g/mol. The molecule has 0 radical (unpaired) electrons. The molecule has 0 fully saturated rings. The smallest absolute Gasteiger partial charge is 0.109 e. The van der Waals surface area contributed by atoms with Gasteiger partial charge in [-0.2, -0.15) is 0 Å². The Hall–Kier alpha value is -0.720. The third-order valence-corrected chi connectivity index (χ3v) is 2.84. The van der Waals surface area contributed by atoms with Gasteiger partial charge in [0.1, 0.15) is 6.61 Å². The Morgan fingerprint density at radius 2 is 2.25 bits per heavy atom. The Morgan fingerprint density at radius 3 is 3.08 bits per heavy atom. The van der Waals surface area contributed by atoms with Gasteiger partial charge in [-0.05, 0) is 41.9 Å². The van der Waals surface area contributed by atoms with E-state index in [4.69, 9.17) is 4.74 Å². The summed E-state index contributed by atoms with van der Waals surface area (Å²) in [5, 5.41) is 0. The van der Waals surface area contributed by atoms with Gasteiger partial charge >= 0.3 is 0 Å². The highest BCUT2D eigenvalue weighted by Gasteiger charge is 2.27. The molecule has 0 amide bonds. The highest BCUT2D eigenvalue weighted by Crippen LogP contribution is 2.39. The van der Waals surface area contributed by atoms with Gasteiger partial charge in [-0.15, -0.1) is 0 Å². The first-order chi connectivity index (χ1) is 5.67. The van der Waals surface area contributed by atoms with Crippen molar-refractivity contribution in [1.82, 2.24) is 0 Å². The molecule has 0 unspecified atom stereocenters. The van der Waals surface area contributed by atoms with E-state index >= 15 is 0 Å². The second-order valence-corrected chi connectivity index (χ2v) is 4.58. The first-order valence-electron chi connectivity index (χ1n) is 4.66. The molecule has 0 aromatic carbocycles. The van der Waals surface area contributed by atoms with Crippen LogP contribution in [0.25, 0.3) is 0 Å². The molecule has 1 aliphatic carbocycles. The molecule has 66 valence electrons. The van der Waals surface area contributed by atoms with Crippen LogP contribution >= 0.6 is 0 Å². The molecule has 1 aliphatic heterocycles. The van der Waals surface area contributed by atoms with Gasteiger partial charge in [0.15, 0.2) is 0 Å². The lowest BCUT2D eigenvalue weighted by molar-refractivity contribution is 0.234. The summed E-state index contributed by atoms with van der Waals surface area (Å²) in [7, 11) is 0. The van der Waals surface area contributed by atoms with Crippen molar-refractivity contribution in [2.45, 2.75) is 33.1 Å². The number of hydrogen-bond acceptors (Lipinski definition) is 1. The van der Waals surface area contributed by atoms with Crippen molar-refractivity contribution in [2.24, 2.45) is 5.41 Å². The van der Waals surface area contributed by atoms with E-state index in [1.165, 1.54) is 30.4 Å². The average molecular weight is 164 g/mol. The second kappa shape index (κ2) is 2.65. The lowest BCUT2D eigenvalue weighted by atomic mass is 9.74. The molecule has 0 atom stereocenters. The van der Waals surface area contributed by atoms with Crippen molar-refractivity contribution in [2.75, 3.05) is 6.61 Å². The summed E-state index contributed by atoms with van der Waals surface area (Å²) >= 11 is 0. The van der Waals surface area contributed by atoms with Crippen LogP contribution in [-0.4, -0.2) is 6.61 Å². The van der Waals surface area contributed by atoms with Crippen molar-refractivity contribution < 1.29 is 4.74 Å². The molecule has 0 saturated carbocycles. The van der Waals surface area contributed by atoms with Crippen molar-refractivity contribution >= 4 is 0 Å². The van der Waals surface area contributed by atoms with Crippen molar-refractivity contribution in [3.05, 3.63) is 23.5 Å². The van der Waals surface area contributed by atoms with Gasteiger partial charge < -0.3 is 4.74 Å². The standard InChI is InChI=1S/C11H16O/c1-11(2)5-3-9-4-6-12-8-10(9)7-11/h4,6H,3,5,7-8H2,1-2H3. The first-order valence-corrected chi connectivity index (χ1v) is 4.66. The van der Waals surface area contributed by atoms with E-state index < -0.39 is 0 Å². The molecule has 12 heavy (non-hydrogen) atoms. The summed E-state index contributed by atoms with van der Waals surface area (Å²) in [4.78, 5) is 0. The highest BCUT2D eigenvalue weighted by atomic mass is 16.5. The van der Waals surface area contributed by atoms with Crippen LogP contribution in [0.4, 0.5) is 0 Å². The molecular weight excluding hydrogens is 148 g/mol. The summed E-state index contributed by atoms with van der Waals surface area (Å²) in [6, 6.07) is 0. The molecule has 0 spiro atoms. The van der Waals surface area contributed by atoms with Gasteiger partial charge in [0.2, 0.25) is 0 Å². The fourth-order valence-electron chi connectivity index (χ4n) is 2.05. The average Bonchev–Trinajstić information content (AvgIpc) is 2.02. The lowest BCUT2D eigenvalue weighted by Crippen LogP contribution is -2.21. The van der Waals surface area contributed by atoms with E-state index in [2.05, 4.69) is 19.9 Å². The van der Waals surface area contributed by atoms with Crippen LogP contribution in [0, 0.1) is 5.41 Å². The van der Waals surface area contributed by atoms with Crippen molar-refractivity contribution in [1.29, 1.82) is 0 Å². The van der Waals surface area contributed by atoms with Crippen LogP contribution < -0.4 is 0 Å². The topological polar surface area (TPSA) is 9.23 Å². The molecule has 0 aromatic rings. The first kappa shape index (κ1) is 7.90. The van der Waals surface area contributed by atoms with Gasteiger partial charge in [0, 0.05) is 0 Å². The Morgan fingerprint density at radius 1 is 1.42 bits per heavy atom. The van der Waals surface area contributed by atoms with Crippen LogP contribution in [0.5, 0.6) is 0 Å². The summed E-state index contributed by atoms with van der Waals surface area (Å²) in [6.45, 7) is 5.51. The molecule has 0 saturated heterocycles. The van der Waals surface area contributed by atoms with Gasteiger partial charge in [-0.3, -0.25) is 0 Å². The molecule has 0 bridgehead atoms. The molecule has 2 rings (SSSR count). The minimum absolute atomic E-state index is 0.493. The molecule has 1 heterocycles. The molecule has 0 aromatic heterocycles. The Kier molecular flexibility index (Phi) is 1.75. The van der Waals surface area contributed by atoms with Gasteiger partial charge in [-0.1, -0.05) is 13.8 Å². The summed E-state index contributed by atoms with van der Waals surface area (Å²) in [5.74, 6) is 0. The van der Waals surface area contributed by atoms with Crippen LogP contribution in [0.1, 0.15) is 33.1 Å². The maximum absolute atomic E-state index is 5.29. The number of ether oxygens (including phenoxy) is 1. The predicted octanol–water partition coefficient (Wildman–Crippen LogP) is 3.04. The fourth-order valence-corrected chi connectivity index (χ4v) is 2.05. The number of allylic oxidation sites excluding steroid dienone is 2. The normalized spacial score (nSPS) is 26.5. The quantitative estimate of drug-likeness (QED) is 0.534. The second-order valence-electron chi connectivity index (χ2n) is 4.58. The lowest BCUT2D eigenvalue weighted by Gasteiger charge is -2.33. The minimum atomic E-state index is 0.493. The predicted molar refractivity (Wildman–Crippen MR) is 49.8 cm³/mol. The van der Waals surface area contributed by atoms with E-state index in [9.17, 15) is 0 Å². The Labute approximate surface area is 74.1 Å². The van der Waals surface area contributed by atoms with E-state index in [0.29, 0.717) is 5.41 Å². The fraction of sp³-hybridized carbons (Fsp3) is 0.636. The van der Waals surface area contributed by atoms with Crippen LogP contribution in [0.2, 0.25) is 0 Å². The zero-order valence-electron chi connectivity index (χ0n) is 7.89. The number of hydrogen-bond donors (Lipinski definition) is 0. The summed E-state index contributed by atoms with van der Waals surface area (Å²) < 4.78 is 5.29. The van der Waals surface area contributed by atoms with Crippen LogP contribution in [0.15, 0.2) is 23.5 Å². The summed E-state index contributed by atoms with van der Waals surface area (Å²) in [5.41, 5.74) is 3.54. The zero-order chi connectivity index (χ0) is 8.60. The molecule has 1 heteroatoms. The molecule has 2 aliphatic rings. The van der Waals surface area contributed by atoms with Crippen molar-refractivity contribution in [3.8, 4) is 0 Å². The van der Waals surface area contributed by atoms with Gasteiger partial charge in [-0.25, -0.2) is 0 Å². The Bertz CT molecular complexity index is 246.